The number of ether oxygens (including phenoxy) is 2. The van der Waals surface area contributed by atoms with E-state index in [0.717, 1.165) is 24.8 Å². The molecule has 0 saturated heterocycles. The first kappa shape index (κ1) is 19.7. The van der Waals surface area contributed by atoms with Crippen LogP contribution in [0.15, 0.2) is 24.3 Å². The Kier molecular flexibility index (Phi) is 8.29. The maximum Gasteiger partial charge on any atom is 0.311 e. The summed E-state index contributed by atoms with van der Waals surface area (Å²) < 4.78 is 16.3. The van der Waals surface area contributed by atoms with Gasteiger partial charge in [0.25, 0.3) is 0 Å². The Balaban J connectivity index is 3.06. The third kappa shape index (κ3) is 5.05. The van der Waals surface area contributed by atoms with Gasteiger partial charge in [-0.1, -0.05) is 31.9 Å². The molecule has 0 aliphatic carbocycles. The first-order chi connectivity index (χ1) is 11.0. The van der Waals surface area contributed by atoms with Crippen molar-refractivity contribution in [2.24, 2.45) is 5.92 Å². The van der Waals surface area contributed by atoms with E-state index in [1.165, 1.54) is 7.11 Å². The monoisotopic (exact) mass is 340 g/mol. The smallest absolute Gasteiger partial charge is 0.311 e. The zero-order valence-corrected chi connectivity index (χ0v) is 16.5. The number of hydrogen-bond donors (Lipinski definition) is 1. The van der Waals surface area contributed by atoms with Crippen molar-refractivity contribution in [2.75, 3.05) is 20.3 Å². The second kappa shape index (κ2) is 9.70. The van der Waals surface area contributed by atoms with Gasteiger partial charge in [-0.25, -0.2) is 0 Å². The van der Waals surface area contributed by atoms with Crippen LogP contribution in [0.4, 0.5) is 0 Å². The Bertz CT molecular complexity index is 476. The minimum Gasteiger partial charge on any atom is -0.491 e. The number of benzene rings is 1. The number of unbranched alkanes of at least 4 members (excludes halogenated alkanes) is 1. The normalized spacial score (nSPS) is 15.0. The molecule has 0 aliphatic rings. The van der Waals surface area contributed by atoms with E-state index < -0.39 is 5.60 Å². The third-order valence-corrected chi connectivity index (χ3v) is 5.06. The minimum atomic E-state index is -0.704. The van der Waals surface area contributed by atoms with Crippen molar-refractivity contribution >= 4 is 16.5 Å². The molecular formula is C17H28O5Si. The highest BCUT2D eigenvalue weighted by Gasteiger charge is 2.40. The Morgan fingerprint density at radius 2 is 2.00 bits per heavy atom. The van der Waals surface area contributed by atoms with Gasteiger partial charge in [0, 0.05) is 0 Å². The van der Waals surface area contributed by atoms with E-state index in [9.17, 15) is 4.79 Å². The van der Waals surface area contributed by atoms with Gasteiger partial charge in [0.2, 0.25) is 0 Å². The Morgan fingerprint density at radius 3 is 2.48 bits per heavy atom. The van der Waals surface area contributed by atoms with Crippen LogP contribution in [0.2, 0.25) is 0 Å². The number of rotatable bonds is 10. The van der Waals surface area contributed by atoms with Gasteiger partial charge in [-0.15, -0.1) is 0 Å². The van der Waals surface area contributed by atoms with E-state index in [1.54, 1.807) is 0 Å². The molecule has 1 N–H and O–H groups in total. The van der Waals surface area contributed by atoms with Crippen molar-refractivity contribution in [2.45, 2.75) is 38.7 Å². The van der Waals surface area contributed by atoms with Crippen molar-refractivity contribution in [1.29, 1.82) is 0 Å². The van der Waals surface area contributed by atoms with Gasteiger partial charge in [-0.3, -0.25) is 4.79 Å². The minimum absolute atomic E-state index is 0.0232. The summed E-state index contributed by atoms with van der Waals surface area (Å²) in [6.07, 6.45) is 2.68. The van der Waals surface area contributed by atoms with Crippen LogP contribution in [0.3, 0.4) is 0 Å². The van der Waals surface area contributed by atoms with E-state index >= 15 is 0 Å². The summed E-state index contributed by atoms with van der Waals surface area (Å²) in [6, 6.07) is 7.48. The molecule has 1 rings (SSSR count). The highest BCUT2D eigenvalue weighted by Crippen LogP contribution is 2.37. The number of esters is 1. The molecule has 23 heavy (non-hydrogen) atoms. The lowest BCUT2D eigenvalue weighted by molar-refractivity contribution is -0.154. The van der Waals surface area contributed by atoms with E-state index in [2.05, 4.69) is 6.92 Å². The average molecular weight is 340 g/mol. The lowest BCUT2D eigenvalue weighted by atomic mass is 9.80. The van der Waals surface area contributed by atoms with Crippen molar-refractivity contribution < 1.29 is 23.8 Å². The van der Waals surface area contributed by atoms with Crippen LogP contribution in [0, 0.1) is 5.92 Å². The topological polar surface area (TPSA) is 65.0 Å². The largest absolute Gasteiger partial charge is 0.491 e. The van der Waals surface area contributed by atoms with E-state index in [0.29, 0.717) is 16.2 Å². The van der Waals surface area contributed by atoms with Gasteiger partial charge in [-0.05, 0) is 31.0 Å². The number of carbonyl (C=O) groups is 1. The summed E-state index contributed by atoms with van der Waals surface area (Å²) in [5, 5.41) is 8.80. The molecule has 0 spiro atoms. The summed E-state index contributed by atoms with van der Waals surface area (Å²) in [4.78, 5) is 12.3. The molecule has 5 nitrogen and oxygen atoms in total. The molecule has 2 unspecified atom stereocenters. The predicted octanol–water partition coefficient (Wildman–Crippen LogP) is 1.55. The number of methoxy groups -OCH3 is 1. The van der Waals surface area contributed by atoms with Crippen LogP contribution < -0.4 is 4.74 Å². The van der Waals surface area contributed by atoms with Crippen LogP contribution >= 0.6 is 0 Å². The molecule has 0 bridgehead atoms. The number of hydrogen-bond acceptors (Lipinski definition) is 5. The summed E-state index contributed by atoms with van der Waals surface area (Å²) >= 11 is 0. The molecular weight excluding hydrogens is 312 g/mol. The van der Waals surface area contributed by atoms with Crippen LogP contribution in [0.1, 0.15) is 38.7 Å². The highest BCUT2D eigenvalue weighted by atomic mass is 28.2. The van der Waals surface area contributed by atoms with Crippen molar-refractivity contribution in [1.82, 2.24) is 0 Å². The van der Waals surface area contributed by atoms with Crippen LogP contribution in [-0.2, 0) is 19.6 Å². The fourth-order valence-corrected chi connectivity index (χ4v) is 3.20. The Hall–Kier alpha value is -1.37. The van der Waals surface area contributed by atoms with Gasteiger partial charge in [-0.2, -0.15) is 0 Å². The molecule has 130 valence electrons. The van der Waals surface area contributed by atoms with Gasteiger partial charge >= 0.3 is 5.97 Å². The van der Waals surface area contributed by atoms with Crippen LogP contribution in [0.25, 0.3) is 0 Å². The van der Waals surface area contributed by atoms with E-state index in [4.69, 9.17) is 19.0 Å². The molecule has 2 atom stereocenters. The van der Waals surface area contributed by atoms with Crippen molar-refractivity contribution in [3.63, 3.8) is 0 Å². The summed E-state index contributed by atoms with van der Waals surface area (Å²) in [7, 11) is 1.93. The maximum atomic E-state index is 12.3. The van der Waals surface area contributed by atoms with Gasteiger partial charge in [0.15, 0.2) is 0 Å². The lowest BCUT2D eigenvalue weighted by Crippen LogP contribution is -2.40. The van der Waals surface area contributed by atoms with Gasteiger partial charge in [0.1, 0.15) is 22.8 Å². The molecule has 0 saturated carbocycles. The molecule has 0 fully saturated rings. The molecule has 0 amide bonds. The molecule has 0 radical (unpaired) electrons. The summed E-state index contributed by atoms with van der Waals surface area (Å²) in [5.74, 6) is 0.105. The molecule has 1 aromatic carbocycles. The SMILES string of the molecule is CCCCC(C(=O)OC)C(C)(O[SiH3])c1ccc(OCCO)cc1. The molecule has 1 aromatic rings. The molecule has 0 heterocycles. The van der Waals surface area contributed by atoms with Crippen LogP contribution in [-0.4, -0.2) is 41.9 Å². The number of aliphatic hydroxyl groups excluding tert-OH is 1. The first-order valence-corrected chi connectivity index (χ1v) is 8.82. The second-order valence-electron chi connectivity index (χ2n) is 5.63. The second-order valence-corrected chi connectivity index (χ2v) is 6.03. The molecule has 0 aromatic heterocycles. The standard InChI is InChI=1S/C17H28O5Si/c1-4-5-6-15(16(19)20-3)17(2,22-23)13-7-9-14(10-8-13)21-12-11-18/h7-10,15,18H,4-6,11-12H2,1-3,23H3. The summed E-state index contributed by atoms with van der Waals surface area (Å²) in [5.41, 5.74) is 0.222. The Labute approximate surface area is 141 Å². The fourth-order valence-electron chi connectivity index (χ4n) is 2.68. The van der Waals surface area contributed by atoms with E-state index in [-0.39, 0.29) is 25.1 Å². The number of carbonyl (C=O) groups excluding carboxylic acids is 1. The van der Waals surface area contributed by atoms with Crippen LogP contribution in [0.5, 0.6) is 5.75 Å². The highest BCUT2D eigenvalue weighted by molar-refractivity contribution is 5.98. The zero-order valence-electron chi connectivity index (χ0n) is 14.5. The van der Waals surface area contributed by atoms with Crippen molar-refractivity contribution in [3.8, 4) is 5.75 Å². The van der Waals surface area contributed by atoms with Crippen molar-refractivity contribution in [3.05, 3.63) is 29.8 Å². The first-order valence-electron chi connectivity index (χ1n) is 8.00. The zero-order chi connectivity index (χ0) is 17.3. The third-order valence-electron chi connectivity index (χ3n) is 4.21. The Morgan fingerprint density at radius 1 is 1.35 bits per heavy atom. The number of aliphatic hydroxyl groups is 1. The fraction of sp³-hybridized carbons (Fsp3) is 0.588. The molecule has 0 aliphatic heterocycles. The van der Waals surface area contributed by atoms with Gasteiger partial charge in [0.05, 0.1) is 25.2 Å². The average Bonchev–Trinajstić information content (AvgIpc) is 2.59. The van der Waals surface area contributed by atoms with Gasteiger partial charge < -0.3 is 19.0 Å². The quantitative estimate of drug-likeness (QED) is 0.517. The lowest BCUT2D eigenvalue weighted by Gasteiger charge is -2.36. The molecule has 6 heteroatoms. The maximum absolute atomic E-state index is 12.3. The predicted molar refractivity (Wildman–Crippen MR) is 92.4 cm³/mol. The van der Waals surface area contributed by atoms with E-state index in [1.807, 2.05) is 31.2 Å². The summed E-state index contributed by atoms with van der Waals surface area (Å²) in [6.45, 7) is 4.28.